The second-order valence-electron chi connectivity index (χ2n) is 3.76. The summed E-state index contributed by atoms with van der Waals surface area (Å²) in [5.74, 6) is 0.703. The van der Waals surface area contributed by atoms with Crippen LogP contribution in [0.2, 0.25) is 0 Å². The van der Waals surface area contributed by atoms with Gasteiger partial charge in [-0.05, 0) is 0 Å². The van der Waals surface area contributed by atoms with Gasteiger partial charge in [-0.1, -0.05) is 0 Å². The third-order valence-corrected chi connectivity index (χ3v) is 2.67. The summed E-state index contributed by atoms with van der Waals surface area (Å²) in [5, 5.41) is 7.16. The van der Waals surface area contributed by atoms with E-state index in [1.807, 2.05) is 17.8 Å². The van der Waals surface area contributed by atoms with Gasteiger partial charge >= 0.3 is 0 Å². The number of aromatic nitrogens is 4. The van der Waals surface area contributed by atoms with Crippen molar-refractivity contribution in [2.75, 3.05) is 6.54 Å². The molecule has 16 heavy (non-hydrogen) atoms. The molecule has 1 aliphatic rings. The van der Waals surface area contributed by atoms with Gasteiger partial charge in [-0.25, -0.2) is 4.98 Å². The number of hydrogen-bond acceptors (Lipinski definition) is 3. The smallest absolute Gasteiger partial charge is 0.269 e. The van der Waals surface area contributed by atoms with E-state index in [0.717, 1.165) is 11.5 Å². The Bertz CT molecular complexity index is 553. The monoisotopic (exact) mass is 217 g/mol. The van der Waals surface area contributed by atoms with Gasteiger partial charge in [-0.15, -0.1) is 0 Å². The molecule has 0 saturated carbocycles. The highest BCUT2D eigenvalue weighted by atomic mass is 16.2. The third kappa shape index (κ3) is 1.23. The van der Waals surface area contributed by atoms with Crippen molar-refractivity contribution in [1.29, 1.82) is 0 Å². The molecule has 0 radical (unpaired) electrons. The average molecular weight is 217 g/mol. The molecule has 6 nitrogen and oxygen atoms in total. The summed E-state index contributed by atoms with van der Waals surface area (Å²) in [5.41, 5.74) is 1.34. The van der Waals surface area contributed by atoms with Crippen LogP contribution in [0.5, 0.6) is 0 Å². The minimum atomic E-state index is -0.0702. The fourth-order valence-electron chi connectivity index (χ4n) is 1.86. The van der Waals surface area contributed by atoms with Gasteiger partial charge in [0.25, 0.3) is 5.91 Å². The Balaban J connectivity index is 2.11. The van der Waals surface area contributed by atoms with Crippen molar-refractivity contribution in [3.05, 3.63) is 24.2 Å². The molecule has 1 aliphatic heterocycles. The second kappa shape index (κ2) is 3.19. The van der Waals surface area contributed by atoms with Crippen LogP contribution in [0.4, 0.5) is 0 Å². The van der Waals surface area contributed by atoms with E-state index in [2.05, 4.69) is 15.4 Å². The average Bonchev–Trinajstić information content (AvgIpc) is 2.84. The molecule has 0 bridgehead atoms. The fourth-order valence-corrected chi connectivity index (χ4v) is 1.86. The Kier molecular flexibility index (Phi) is 1.82. The first kappa shape index (κ1) is 9.14. The SMILES string of the molecule is Cn1ccnc1-c1cc2n(n1)CCNC2=O. The summed E-state index contributed by atoms with van der Waals surface area (Å²) in [6, 6.07) is 1.77. The molecule has 2 aromatic heterocycles. The quantitative estimate of drug-likeness (QED) is 0.732. The molecule has 2 aromatic rings. The molecule has 0 fully saturated rings. The normalized spacial score (nSPS) is 14.7. The minimum absolute atomic E-state index is 0.0702. The molecule has 6 heteroatoms. The van der Waals surface area contributed by atoms with Gasteiger partial charge in [0.05, 0.1) is 6.54 Å². The molecule has 0 unspecified atom stereocenters. The zero-order chi connectivity index (χ0) is 11.1. The van der Waals surface area contributed by atoms with E-state index in [4.69, 9.17) is 0 Å². The standard InChI is InChI=1S/C10H11N5O/c1-14-4-2-11-9(14)7-6-8-10(16)12-3-5-15(8)13-7/h2,4,6H,3,5H2,1H3,(H,12,16). The van der Waals surface area contributed by atoms with Crippen LogP contribution in [0.1, 0.15) is 10.5 Å². The van der Waals surface area contributed by atoms with E-state index in [1.165, 1.54) is 0 Å². The first-order valence-electron chi connectivity index (χ1n) is 5.09. The Morgan fingerprint density at radius 1 is 1.50 bits per heavy atom. The van der Waals surface area contributed by atoms with Crippen molar-refractivity contribution in [1.82, 2.24) is 24.6 Å². The van der Waals surface area contributed by atoms with Crippen LogP contribution in [-0.4, -0.2) is 31.8 Å². The molecule has 0 aromatic carbocycles. The summed E-state index contributed by atoms with van der Waals surface area (Å²) < 4.78 is 3.61. The Morgan fingerprint density at radius 2 is 2.38 bits per heavy atom. The summed E-state index contributed by atoms with van der Waals surface area (Å²) in [7, 11) is 1.90. The van der Waals surface area contributed by atoms with Gasteiger partial charge < -0.3 is 9.88 Å². The van der Waals surface area contributed by atoms with Crippen LogP contribution in [0, 0.1) is 0 Å². The van der Waals surface area contributed by atoms with Gasteiger partial charge in [0, 0.05) is 32.1 Å². The van der Waals surface area contributed by atoms with E-state index in [-0.39, 0.29) is 5.91 Å². The molecule has 1 amide bonds. The number of carbonyl (C=O) groups excluding carboxylic acids is 1. The number of nitrogens with zero attached hydrogens (tertiary/aromatic N) is 4. The van der Waals surface area contributed by atoms with Gasteiger partial charge in [0.15, 0.2) is 5.82 Å². The maximum atomic E-state index is 11.6. The highest BCUT2D eigenvalue weighted by Gasteiger charge is 2.20. The van der Waals surface area contributed by atoms with Crippen LogP contribution < -0.4 is 5.32 Å². The predicted molar refractivity (Wildman–Crippen MR) is 56.8 cm³/mol. The van der Waals surface area contributed by atoms with Crippen LogP contribution in [0.3, 0.4) is 0 Å². The largest absolute Gasteiger partial charge is 0.349 e. The van der Waals surface area contributed by atoms with Crippen molar-refractivity contribution < 1.29 is 4.79 Å². The van der Waals surface area contributed by atoms with Gasteiger partial charge in [-0.2, -0.15) is 5.10 Å². The molecule has 0 atom stereocenters. The maximum Gasteiger partial charge on any atom is 0.269 e. The first-order valence-corrected chi connectivity index (χ1v) is 5.09. The molecule has 3 heterocycles. The lowest BCUT2D eigenvalue weighted by molar-refractivity contribution is 0.0924. The molecular formula is C10H11N5O. The van der Waals surface area contributed by atoms with E-state index >= 15 is 0 Å². The number of carbonyl (C=O) groups is 1. The van der Waals surface area contributed by atoms with Crippen LogP contribution in [-0.2, 0) is 13.6 Å². The second-order valence-corrected chi connectivity index (χ2v) is 3.76. The van der Waals surface area contributed by atoms with E-state index in [0.29, 0.717) is 18.8 Å². The third-order valence-electron chi connectivity index (χ3n) is 2.67. The maximum absolute atomic E-state index is 11.6. The zero-order valence-corrected chi connectivity index (χ0v) is 8.84. The van der Waals surface area contributed by atoms with E-state index in [9.17, 15) is 4.79 Å². The zero-order valence-electron chi connectivity index (χ0n) is 8.84. The molecular weight excluding hydrogens is 206 g/mol. The lowest BCUT2D eigenvalue weighted by atomic mass is 10.3. The number of nitrogens with one attached hydrogen (secondary N) is 1. The number of hydrogen-bond donors (Lipinski definition) is 1. The molecule has 3 rings (SSSR count). The number of aryl methyl sites for hydroxylation is 1. The van der Waals surface area contributed by atoms with Crippen molar-refractivity contribution in [3.8, 4) is 11.5 Å². The van der Waals surface area contributed by atoms with Crippen LogP contribution in [0.25, 0.3) is 11.5 Å². The minimum Gasteiger partial charge on any atom is -0.349 e. The van der Waals surface area contributed by atoms with Crippen molar-refractivity contribution in [3.63, 3.8) is 0 Å². The summed E-state index contributed by atoms with van der Waals surface area (Å²) in [6.07, 6.45) is 3.57. The number of rotatable bonds is 1. The highest BCUT2D eigenvalue weighted by Crippen LogP contribution is 2.17. The topological polar surface area (TPSA) is 64.7 Å². The van der Waals surface area contributed by atoms with E-state index in [1.54, 1.807) is 16.9 Å². The van der Waals surface area contributed by atoms with E-state index < -0.39 is 0 Å². The molecule has 0 spiro atoms. The first-order chi connectivity index (χ1) is 7.75. The van der Waals surface area contributed by atoms with Gasteiger partial charge in [0.1, 0.15) is 11.4 Å². The van der Waals surface area contributed by atoms with Crippen molar-refractivity contribution in [2.24, 2.45) is 7.05 Å². The van der Waals surface area contributed by atoms with Crippen LogP contribution in [0.15, 0.2) is 18.5 Å². The number of imidazole rings is 1. The Labute approximate surface area is 91.9 Å². The molecule has 82 valence electrons. The Hall–Kier alpha value is -2.11. The van der Waals surface area contributed by atoms with Gasteiger partial charge in [-0.3, -0.25) is 9.48 Å². The summed E-state index contributed by atoms with van der Waals surface area (Å²) >= 11 is 0. The summed E-state index contributed by atoms with van der Waals surface area (Å²) in [4.78, 5) is 15.8. The highest BCUT2D eigenvalue weighted by molar-refractivity contribution is 5.94. The molecule has 1 N–H and O–H groups in total. The fraction of sp³-hybridized carbons (Fsp3) is 0.300. The lowest BCUT2D eigenvalue weighted by Crippen LogP contribution is -2.35. The molecule has 0 saturated heterocycles. The van der Waals surface area contributed by atoms with Crippen LogP contribution >= 0.6 is 0 Å². The number of amides is 1. The summed E-state index contributed by atoms with van der Waals surface area (Å²) in [6.45, 7) is 1.35. The van der Waals surface area contributed by atoms with Crippen molar-refractivity contribution in [2.45, 2.75) is 6.54 Å². The predicted octanol–water partition coefficient (Wildman–Crippen LogP) is 0.0270. The number of fused-ring (bicyclic) bond motifs is 1. The molecule has 0 aliphatic carbocycles. The van der Waals surface area contributed by atoms with Crippen molar-refractivity contribution >= 4 is 5.91 Å². The van der Waals surface area contributed by atoms with Gasteiger partial charge in [0.2, 0.25) is 0 Å². The Morgan fingerprint density at radius 3 is 3.06 bits per heavy atom. The lowest BCUT2D eigenvalue weighted by Gasteiger charge is -2.13.